The molecule has 0 saturated heterocycles. The van der Waals surface area contributed by atoms with E-state index in [4.69, 9.17) is 5.73 Å². The third-order valence-corrected chi connectivity index (χ3v) is 3.09. The van der Waals surface area contributed by atoms with E-state index in [1.54, 1.807) is 0 Å². The molecule has 0 aromatic heterocycles. The third kappa shape index (κ3) is 4.10. The maximum Gasteiger partial charge on any atom is 0.191 e. The van der Waals surface area contributed by atoms with Crippen molar-refractivity contribution in [1.82, 2.24) is 4.90 Å². The van der Waals surface area contributed by atoms with Gasteiger partial charge in [0.2, 0.25) is 0 Å². The standard InChI is InChI=1S/C12H25N3/c1-3-10-15(4-2)12(13)14-11-8-6-5-7-9-11/h11H,3-10H2,1-2H3,(H2,13,14). The molecule has 1 saturated carbocycles. The number of hydrogen-bond donors (Lipinski definition) is 1. The van der Waals surface area contributed by atoms with Gasteiger partial charge in [-0.25, -0.2) is 4.99 Å². The van der Waals surface area contributed by atoms with Crippen LogP contribution in [0.15, 0.2) is 4.99 Å². The summed E-state index contributed by atoms with van der Waals surface area (Å²) in [5, 5.41) is 0. The van der Waals surface area contributed by atoms with Crippen LogP contribution in [0.5, 0.6) is 0 Å². The molecule has 2 N–H and O–H groups in total. The number of hydrogen-bond acceptors (Lipinski definition) is 1. The van der Waals surface area contributed by atoms with E-state index in [0.717, 1.165) is 25.5 Å². The second-order valence-electron chi connectivity index (χ2n) is 4.36. The summed E-state index contributed by atoms with van der Waals surface area (Å²) in [5.74, 6) is 0.756. The molecule has 3 nitrogen and oxygen atoms in total. The number of rotatable bonds is 4. The molecule has 0 radical (unpaired) electrons. The fourth-order valence-corrected chi connectivity index (χ4v) is 2.18. The van der Waals surface area contributed by atoms with Gasteiger partial charge in [0, 0.05) is 13.1 Å². The minimum absolute atomic E-state index is 0.490. The SMILES string of the molecule is CCCN(CC)C(N)=NC1CCCCC1. The Bertz CT molecular complexity index is 195. The van der Waals surface area contributed by atoms with Crippen molar-refractivity contribution in [3.05, 3.63) is 0 Å². The molecule has 0 aliphatic heterocycles. The molecule has 1 rings (SSSR count). The number of nitrogens with two attached hydrogens (primary N) is 1. The molecule has 0 aromatic carbocycles. The molecule has 0 unspecified atom stereocenters. The first-order valence-corrected chi connectivity index (χ1v) is 6.36. The number of guanidine groups is 1. The first kappa shape index (κ1) is 12.3. The van der Waals surface area contributed by atoms with E-state index < -0.39 is 0 Å². The molecule has 1 fully saturated rings. The van der Waals surface area contributed by atoms with Crippen LogP contribution in [-0.2, 0) is 0 Å². The summed E-state index contributed by atoms with van der Waals surface area (Å²) >= 11 is 0. The highest BCUT2D eigenvalue weighted by molar-refractivity contribution is 5.78. The quantitative estimate of drug-likeness (QED) is 0.573. The highest BCUT2D eigenvalue weighted by Gasteiger charge is 2.13. The molecule has 15 heavy (non-hydrogen) atoms. The lowest BCUT2D eigenvalue weighted by molar-refractivity contribution is 0.409. The Labute approximate surface area is 93.7 Å². The predicted molar refractivity (Wildman–Crippen MR) is 66.0 cm³/mol. The first-order valence-electron chi connectivity index (χ1n) is 6.36. The summed E-state index contributed by atoms with van der Waals surface area (Å²) in [6, 6.07) is 0.490. The average molecular weight is 211 g/mol. The Morgan fingerprint density at radius 2 is 1.93 bits per heavy atom. The molecule has 0 aromatic rings. The monoisotopic (exact) mass is 211 g/mol. The van der Waals surface area contributed by atoms with Gasteiger partial charge in [-0.3, -0.25) is 0 Å². The van der Waals surface area contributed by atoms with Crippen LogP contribution in [0.25, 0.3) is 0 Å². The smallest absolute Gasteiger partial charge is 0.191 e. The van der Waals surface area contributed by atoms with Gasteiger partial charge in [-0.1, -0.05) is 26.2 Å². The van der Waals surface area contributed by atoms with Crippen molar-refractivity contribution in [1.29, 1.82) is 0 Å². The van der Waals surface area contributed by atoms with Crippen LogP contribution in [-0.4, -0.2) is 30.0 Å². The van der Waals surface area contributed by atoms with Gasteiger partial charge in [0.25, 0.3) is 0 Å². The molecule has 0 spiro atoms. The topological polar surface area (TPSA) is 41.6 Å². The van der Waals surface area contributed by atoms with Crippen molar-refractivity contribution >= 4 is 5.96 Å². The van der Waals surface area contributed by atoms with Gasteiger partial charge in [-0.05, 0) is 26.2 Å². The van der Waals surface area contributed by atoms with E-state index in [1.807, 2.05) is 0 Å². The van der Waals surface area contributed by atoms with Gasteiger partial charge in [-0.2, -0.15) is 0 Å². The highest BCUT2D eigenvalue weighted by Crippen LogP contribution is 2.20. The highest BCUT2D eigenvalue weighted by atomic mass is 15.2. The minimum Gasteiger partial charge on any atom is -0.370 e. The third-order valence-electron chi connectivity index (χ3n) is 3.09. The van der Waals surface area contributed by atoms with E-state index in [0.29, 0.717) is 6.04 Å². The minimum atomic E-state index is 0.490. The molecule has 1 aliphatic rings. The average Bonchev–Trinajstić information content (AvgIpc) is 2.27. The zero-order chi connectivity index (χ0) is 11.1. The maximum absolute atomic E-state index is 6.02. The van der Waals surface area contributed by atoms with Crippen molar-refractivity contribution < 1.29 is 0 Å². The Morgan fingerprint density at radius 1 is 1.27 bits per heavy atom. The van der Waals surface area contributed by atoms with Crippen molar-refractivity contribution in [2.75, 3.05) is 13.1 Å². The van der Waals surface area contributed by atoms with E-state index in [2.05, 4.69) is 23.7 Å². The molecule has 0 atom stereocenters. The van der Waals surface area contributed by atoms with Gasteiger partial charge in [-0.15, -0.1) is 0 Å². The summed E-state index contributed by atoms with van der Waals surface area (Å²) in [6.45, 7) is 6.31. The molecule has 0 bridgehead atoms. The summed E-state index contributed by atoms with van der Waals surface area (Å²) in [5.41, 5.74) is 6.02. The van der Waals surface area contributed by atoms with Crippen LogP contribution >= 0.6 is 0 Å². The van der Waals surface area contributed by atoms with Crippen LogP contribution < -0.4 is 5.73 Å². The second-order valence-corrected chi connectivity index (χ2v) is 4.36. The summed E-state index contributed by atoms with van der Waals surface area (Å²) in [6.07, 6.45) is 7.60. The van der Waals surface area contributed by atoms with Crippen molar-refractivity contribution in [3.63, 3.8) is 0 Å². The largest absolute Gasteiger partial charge is 0.370 e. The Morgan fingerprint density at radius 3 is 2.47 bits per heavy atom. The van der Waals surface area contributed by atoms with E-state index >= 15 is 0 Å². The van der Waals surface area contributed by atoms with Gasteiger partial charge >= 0.3 is 0 Å². The number of aliphatic imine (C=N–C) groups is 1. The predicted octanol–water partition coefficient (Wildman–Crippen LogP) is 2.37. The van der Waals surface area contributed by atoms with Crippen LogP contribution in [0, 0.1) is 0 Å². The number of nitrogens with zero attached hydrogens (tertiary/aromatic N) is 2. The lowest BCUT2D eigenvalue weighted by Crippen LogP contribution is -2.38. The fraction of sp³-hybridized carbons (Fsp3) is 0.917. The van der Waals surface area contributed by atoms with Crippen molar-refractivity contribution in [2.24, 2.45) is 10.7 Å². The molecule has 0 amide bonds. The van der Waals surface area contributed by atoms with Crippen molar-refractivity contribution in [3.8, 4) is 0 Å². The summed E-state index contributed by atoms with van der Waals surface area (Å²) in [7, 11) is 0. The lowest BCUT2D eigenvalue weighted by atomic mass is 9.96. The van der Waals surface area contributed by atoms with Gasteiger partial charge in [0.1, 0.15) is 0 Å². The van der Waals surface area contributed by atoms with Crippen LogP contribution in [0.3, 0.4) is 0 Å². The van der Waals surface area contributed by atoms with Crippen LogP contribution in [0.2, 0.25) is 0 Å². The van der Waals surface area contributed by atoms with E-state index in [1.165, 1.54) is 32.1 Å². The van der Waals surface area contributed by atoms with Gasteiger partial charge < -0.3 is 10.6 Å². The summed E-state index contributed by atoms with van der Waals surface area (Å²) < 4.78 is 0. The Balaban J connectivity index is 2.47. The molecule has 0 heterocycles. The molecule has 88 valence electrons. The van der Waals surface area contributed by atoms with E-state index in [-0.39, 0.29) is 0 Å². The van der Waals surface area contributed by atoms with Crippen LogP contribution in [0.1, 0.15) is 52.4 Å². The molecular weight excluding hydrogens is 186 g/mol. The first-order chi connectivity index (χ1) is 7.27. The zero-order valence-corrected chi connectivity index (χ0v) is 10.2. The Kier molecular flexibility index (Phi) is 5.51. The molecular formula is C12H25N3. The van der Waals surface area contributed by atoms with Gasteiger partial charge in [0.05, 0.1) is 6.04 Å². The van der Waals surface area contributed by atoms with Crippen molar-refractivity contribution in [2.45, 2.75) is 58.4 Å². The molecule has 3 heteroatoms. The normalized spacial score (nSPS) is 19.2. The fourth-order valence-electron chi connectivity index (χ4n) is 2.18. The molecule has 1 aliphatic carbocycles. The maximum atomic E-state index is 6.02. The van der Waals surface area contributed by atoms with Crippen LogP contribution in [0.4, 0.5) is 0 Å². The zero-order valence-electron chi connectivity index (χ0n) is 10.2. The Hall–Kier alpha value is -0.730. The van der Waals surface area contributed by atoms with E-state index in [9.17, 15) is 0 Å². The summed E-state index contributed by atoms with van der Waals surface area (Å²) in [4.78, 5) is 6.82. The van der Waals surface area contributed by atoms with Gasteiger partial charge in [0.15, 0.2) is 5.96 Å². The lowest BCUT2D eigenvalue weighted by Gasteiger charge is -2.24. The second kappa shape index (κ2) is 6.70.